The Labute approximate surface area is 196 Å². The van der Waals surface area contributed by atoms with Gasteiger partial charge in [-0.25, -0.2) is 4.98 Å². The minimum Gasteiger partial charge on any atom is -0.493 e. The molecule has 1 aliphatic carbocycles. The van der Waals surface area contributed by atoms with E-state index < -0.39 is 6.10 Å². The van der Waals surface area contributed by atoms with E-state index in [-0.39, 0.29) is 18.8 Å². The molecule has 2 N–H and O–H groups in total. The first-order chi connectivity index (χ1) is 16.0. The van der Waals surface area contributed by atoms with E-state index in [0.717, 1.165) is 24.0 Å². The number of terminal acetylenes is 1. The van der Waals surface area contributed by atoms with Crippen LogP contribution in [0.3, 0.4) is 0 Å². The molecule has 8 nitrogen and oxygen atoms in total. The standard InChI is InChI=1S/C24H27N3O5S/c1-4-9-32-13-17(28)11-27(16-6-7-16)12-21-25-23(29)22-18(14-33-24(22)26-21)15-5-8-19(30-2)20(10-15)31-3/h1,5,8,10,14,16-17,28H,6-7,9,11-13H2,2-3H3,(H,25,26,29). The molecule has 174 valence electrons. The van der Waals surface area contributed by atoms with Crippen LogP contribution >= 0.6 is 11.3 Å². The van der Waals surface area contributed by atoms with Crippen LogP contribution in [0.15, 0.2) is 28.4 Å². The molecule has 2 heterocycles. The van der Waals surface area contributed by atoms with Crippen molar-refractivity contribution in [3.8, 4) is 35.0 Å². The number of thiophene rings is 1. The van der Waals surface area contributed by atoms with Crippen molar-refractivity contribution in [2.75, 3.05) is 34.0 Å². The zero-order valence-corrected chi connectivity index (χ0v) is 19.5. The second-order valence-corrected chi connectivity index (χ2v) is 8.80. The summed E-state index contributed by atoms with van der Waals surface area (Å²) in [5, 5.41) is 12.8. The highest BCUT2D eigenvalue weighted by Crippen LogP contribution is 2.36. The van der Waals surface area contributed by atoms with E-state index in [0.29, 0.717) is 46.7 Å². The molecule has 0 bridgehead atoms. The van der Waals surface area contributed by atoms with Gasteiger partial charge in [-0.15, -0.1) is 17.8 Å². The number of ether oxygens (including phenoxy) is 3. The summed E-state index contributed by atoms with van der Waals surface area (Å²) in [7, 11) is 3.17. The Kier molecular flexibility index (Phi) is 7.30. The average molecular weight is 470 g/mol. The van der Waals surface area contributed by atoms with Gasteiger partial charge in [-0.1, -0.05) is 12.0 Å². The number of nitrogens with one attached hydrogen (secondary N) is 1. The summed E-state index contributed by atoms with van der Waals surface area (Å²) in [5.41, 5.74) is 1.47. The van der Waals surface area contributed by atoms with Crippen LogP contribution in [0.1, 0.15) is 18.7 Å². The zero-order valence-electron chi connectivity index (χ0n) is 18.7. The number of aliphatic hydroxyl groups excluding tert-OH is 1. The molecule has 1 aliphatic rings. The van der Waals surface area contributed by atoms with Crippen molar-refractivity contribution < 1.29 is 19.3 Å². The molecule has 1 atom stereocenters. The van der Waals surface area contributed by atoms with Gasteiger partial charge in [0.1, 0.15) is 17.3 Å². The van der Waals surface area contributed by atoms with Crippen LogP contribution in [0, 0.1) is 12.3 Å². The number of aliphatic hydroxyl groups is 1. The van der Waals surface area contributed by atoms with E-state index in [4.69, 9.17) is 25.6 Å². The molecule has 0 spiro atoms. The quantitative estimate of drug-likeness (QED) is 0.329. The Hall–Kier alpha value is -2.90. The number of H-pyrrole nitrogens is 1. The van der Waals surface area contributed by atoms with Crippen molar-refractivity contribution in [3.63, 3.8) is 0 Å². The fourth-order valence-electron chi connectivity index (χ4n) is 3.84. The van der Waals surface area contributed by atoms with E-state index in [2.05, 4.69) is 15.8 Å². The molecule has 1 aromatic carbocycles. The molecule has 2 aromatic heterocycles. The number of hydrogen-bond donors (Lipinski definition) is 2. The van der Waals surface area contributed by atoms with Crippen LogP contribution in [0.25, 0.3) is 21.3 Å². The fourth-order valence-corrected chi connectivity index (χ4v) is 4.80. The van der Waals surface area contributed by atoms with Crippen LogP contribution in [0.5, 0.6) is 11.5 Å². The minimum absolute atomic E-state index is 0.173. The first-order valence-corrected chi connectivity index (χ1v) is 11.6. The summed E-state index contributed by atoms with van der Waals surface area (Å²) in [6.07, 6.45) is 6.65. The molecule has 0 radical (unpaired) electrons. The van der Waals surface area contributed by atoms with Gasteiger partial charge in [-0.3, -0.25) is 9.69 Å². The van der Waals surface area contributed by atoms with E-state index in [1.807, 2.05) is 23.6 Å². The van der Waals surface area contributed by atoms with Crippen molar-refractivity contribution in [2.24, 2.45) is 0 Å². The number of nitrogens with zero attached hydrogens (tertiary/aromatic N) is 2. The minimum atomic E-state index is -0.659. The average Bonchev–Trinajstić information content (AvgIpc) is 3.57. The Morgan fingerprint density at radius 3 is 2.82 bits per heavy atom. The lowest BCUT2D eigenvalue weighted by molar-refractivity contribution is 0.0237. The third-order valence-corrected chi connectivity index (χ3v) is 6.42. The SMILES string of the molecule is C#CCOCC(O)CN(Cc1nc2scc(-c3ccc(OC)c(OC)c3)c2c(=O)[nH]1)C1CC1. The number of aromatic amines is 1. The summed E-state index contributed by atoms with van der Waals surface area (Å²) < 4.78 is 16.0. The van der Waals surface area contributed by atoms with Crippen LogP contribution < -0.4 is 15.0 Å². The summed E-state index contributed by atoms with van der Waals surface area (Å²) in [6, 6.07) is 5.94. The van der Waals surface area contributed by atoms with Gasteiger partial charge in [0.05, 0.1) is 38.9 Å². The normalized spacial score (nSPS) is 14.4. The molecule has 9 heteroatoms. The highest BCUT2D eigenvalue weighted by atomic mass is 32.1. The first kappa shape index (κ1) is 23.3. The molecule has 1 saturated carbocycles. The van der Waals surface area contributed by atoms with Gasteiger partial charge < -0.3 is 24.3 Å². The highest BCUT2D eigenvalue weighted by Gasteiger charge is 2.31. The monoisotopic (exact) mass is 469 g/mol. The molecular weight excluding hydrogens is 442 g/mol. The second-order valence-electron chi connectivity index (χ2n) is 7.95. The third kappa shape index (κ3) is 5.37. The molecule has 3 aromatic rings. The Morgan fingerprint density at radius 1 is 1.33 bits per heavy atom. The second kappa shape index (κ2) is 10.4. The lowest BCUT2D eigenvalue weighted by Gasteiger charge is -2.24. The summed E-state index contributed by atoms with van der Waals surface area (Å²) >= 11 is 1.43. The lowest BCUT2D eigenvalue weighted by Crippen LogP contribution is -2.37. The molecule has 0 aliphatic heterocycles. The maximum absolute atomic E-state index is 13.0. The third-order valence-electron chi connectivity index (χ3n) is 5.54. The van der Waals surface area contributed by atoms with Gasteiger partial charge in [0.15, 0.2) is 11.5 Å². The summed E-state index contributed by atoms with van der Waals surface area (Å²) in [5.74, 6) is 4.20. The van der Waals surface area contributed by atoms with Crippen LogP contribution in [0.2, 0.25) is 0 Å². The maximum Gasteiger partial charge on any atom is 0.260 e. The van der Waals surface area contributed by atoms with Gasteiger partial charge in [-0.2, -0.15) is 0 Å². The Bertz CT molecular complexity index is 1210. The van der Waals surface area contributed by atoms with Gasteiger partial charge in [0, 0.05) is 23.5 Å². The van der Waals surface area contributed by atoms with Gasteiger partial charge in [0.2, 0.25) is 0 Å². The first-order valence-electron chi connectivity index (χ1n) is 10.7. The molecule has 4 rings (SSSR count). The predicted octanol–water partition coefficient (Wildman–Crippen LogP) is 2.64. The Balaban J connectivity index is 1.56. The summed E-state index contributed by atoms with van der Waals surface area (Å²) in [4.78, 5) is 23.5. The van der Waals surface area contributed by atoms with Crippen LogP contribution in [-0.4, -0.2) is 66.1 Å². The smallest absolute Gasteiger partial charge is 0.260 e. The molecule has 1 unspecified atom stereocenters. The van der Waals surface area contributed by atoms with Crippen molar-refractivity contribution in [2.45, 2.75) is 31.5 Å². The van der Waals surface area contributed by atoms with Crippen molar-refractivity contribution in [3.05, 3.63) is 39.8 Å². The van der Waals surface area contributed by atoms with Crippen molar-refractivity contribution in [1.82, 2.24) is 14.9 Å². The number of hydrogen-bond acceptors (Lipinski definition) is 8. The lowest BCUT2D eigenvalue weighted by atomic mass is 10.1. The molecule has 1 fully saturated rings. The van der Waals surface area contributed by atoms with Crippen molar-refractivity contribution >= 4 is 21.6 Å². The van der Waals surface area contributed by atoms with E-state index in [1.54, 1.807) is 14.2 Å². The number of rotatable bonds is 11. The number of benzene rings is 1. The van der Waals surface area contributed by atoms with E-state index in [1.165, 1.54) is 11.3 Å². The van der Waals surface area contributed by atoms with Gasteiger partial charge in [-0.05, 0) is 30.5 Å². The molecule has 0 amide bonds. The number of aromatic nitrogens is 2. The van der Waals surface area contributed by atoms with Gasteiger partial charge >= 0.3 is 0 Å². The Morgan fingerprint density at radius 2 is 2.12 bits per heavy atom. The molecule has 33 heavy (non-hydrogen) atoms. The zero-order chi connectivity index (χ0) is 23.4. The maximum atomic E-state index is 13.0. The molecule has 0 saturated heterocycles. The largest absolute Gasteiger partial charge is 0.493 e. The van der Waals surface area contributed by atoms with Crippen molar-refractivity contribution in [1.29, 1.82) is 0 Å². The van der Waals surface area contributed by atoms with Gasteiger partial charge in [0.25, 0.3) is 5.56 Å². The number of fused-ring (bicyclic) bond motifs is 1. The fraction of sp³-hybridized carbons (Fsp3) is 0.417. The van der Waals surface area contributed by atoms with Crippen LogP contribution in [-0.2, 0) is 11.3 Å². The van der Waals surface area contributed by atoms with E-state index in [9.17, 15) is 9.90 Å². The topological polar surface area (TPSA) is 96.9 Å². The summed E-state index contributed by atoms with van der Waals surface area (Å²) in [6.45, 7) is 1.23. The van der Waals surface area contributed by atoms with E-state index >= 15 is 0 Å². The predicted molar refractivity (Wildman–Crippen MR) is 128 cm³/mol. The molecular formula is C24H27N3O5S. The van der Waals surface area contributed by atoms with Crippen LogP contribution in [0.4, 0.5) is 0 Å². The highest BCUT2D eigenvalue weighted by molar-refractivity contribution is 7.17. The number of methoxy groups -OCH3 is 2.